The number of rotatable bonds is 10. The Hall–Kier alpha value is -2.77. The van der Waals surface area contributed by atoms with E-state index in [1.54, 1.807) is 0 Å². The van der Waals surface area contributed by atoms with Crippen molar-refractivity contribution in [2.45, 2.75) is 31.9 Å². The molecule has 1 atom stereocenters. The van der Waals surface area contributed by atoms with Crippen LogP contribution in [0.2, 0.25) is 0 Å². The number of carbonyl (C=O) groups is 2. The number of carboxylic acid groups (broad SMARTS) is 1. The van der Waals surface area contributed by atoms with Gasteiger partial charge in [-0.25, -0.2) is 14.0 Å². The smallest absolute Gasteiger partial charge is 0.328 e. The number of benzene rings is 1. The number of hydrogen-bond donors (Lipinski definition) is 3. The molecule has 0 aliphatic rings. The van der Waals surface area contributed by atoms with Crippen LogP contribution in [0.3, 0.4) is 0 Å². The number of nitriles is 1. The quantitative estimate of drug-likeness (QED) is 0.392. The second-order valence-corrected chi connectivity index (χ2v) is 7.06. The SMILES string of the molecule is C=C(S)N(C[C@H](OCCC#N)c1cc(F)ccc1OC)C(=O)NC(C)(C)C(=O)O. The highest BCUT2D eigenvalue weighted by Gasteiger charge is 2.33. The van der Waals surface area contributed by atoms with E-state index in [2.05, 4.69) is 24.5 Å². The number of aliphatic carboxylic acids is 1. The Labute approximate surface area is 174 Å². The fourth-order valence-corrected chi connectivity index (χ4v) is 2.48. The number of methoxy groups -OCH3 is 1. The summed E-state index contributed by atoms with van der Waals surface area (Å²) in [7, 11) is 1.40. The fourth-order valence-electron chi connectivity index (χ4n) is 2.30. The number of halogens is 1. The van der Waals surface area contributed by atoms with Crippen molar-refractivity contribution in [3.8, 4) is 11.8 Å². The van der Waals surface area contributed by atoms with Crippen LogP contribution in [-0.4, -0.2) is 47.8 Å². The summed E-state index contributed by atoms with van der Waals surface area (Å²) in [6.45, 7) is 6.12. The highest BCUT2D eigenvalue weighted by atomic mass is 32.1. The molecule has 1 aromatic carbocycles. The van der Waals surface area contributed by atoms with Crippen molar-refractivity contribution in [2.75, 3.05) is 20.3 Å². The van der Waals surface area contributed by atoms with E-state index in [9.17, 15) is 19.1 Å². The van der Waals surface area contributed by atoms with Crippen molar-refractivity contribution in [1.29, 1.82) is 5.26 Å². The Bertz CT molecular complexity index is 810. The first kappa shape index (κ1) is 24.3. The van der Waals surface area contributed by atoms with E-state index >= 15 is 0 Å². The van der Waals surface area contributed by atoms with E-state index in [0.29, 0.717) is 11.3 Å². The Kier molecular flexibility index (Phi) is 8.94. The van der Waals surface area contributed by atoms with Crippen molar-refractivity contribution in [3.63, 3.8) is 0 Å². The summed E-state index contributed by atoms with van der Waals surface area (Å²) in [5.74, 6) is -1.45. The average molecular weight is 425 g/mol. The minimum Gasteiger partial charge on any atom is -0.496 e. The van der Waals surface area contributed by atoms with Crippen LogP contribution in [0, 0.1) is 17.1 Å². The maximum atomic E-state index is 13.8. The molecule has 1 aromatic rings. The summed E-state index contributed by atoms with van der Waals surface area (Å²) in [4.78, 5) is 25.0. The van der Waals surface area contributed by atoms with E-state index in [4.69, 9.17) is 14.7 Å². The molecule has 0 unspecified atom stereocenters. The molecule has 0 saturated carbocycles. The minimum atomic E-state index is -1.55. The number of thiol groups is 1. The molecular formula is C19H24FN3O5S. The summed E-state index contributed by atoms with van der Waals surface area (Å²) in [5, 5.41) is 20.4. The zero-order chi connectivity index (χ0) is 22.2. The van der Waals surface area contributed by atoms with Crippen molar-refractivity contribution < 1.29 is 28.6 Å². The Morgan fingerprint density at radius 3 is 2.66 bits per heavy atom. The number of carbonyl (C=O) groups excluding carboxylic acids is 1. The normalized spacial score (nSPS) is 11.9. The molecule has 158 valence electrons. The molecule has 0 bridgehead atoms. The molecule has 0 fully saturated rings. The lowest BCUT2D eigenvalue weighted by Gasteiger charge is -2.31. The molecule has 2 amide bonds. The van der Waals surface area contributed by atoms with Gasteiger partial charge in [-0.3, -0.25) is 4.90 Å². The number of hydrogen-bond acceptors (Lipinski definition) is 6. The van der Waals surface area contributed by atoms with Gasteiger partial charge in [0, 0.05) is 5.56 Å². The molecule has 0 saturated heterocycles. The van der Waals surface area contributed by atoms with Gasteiger partial charge in [-0.2, -0.15) is 5.26 Å². The first-order chi connectivity index (χ1) is 13.5. The Balaban J connectivity index is 3.22. The predicted octanol–water partition coefficient (Wildman–Crippen LogP) is 3.08. The second kappa shape index (κ2) is 10.7. The zero-order valence-electron chi connectivity index (χ0n) is 16.4. The van der Waals surface area contributed by atoms with Crippen LogP contribution in [0.1, 0.15) is 31.9 Å². The summed E-state index contributed by atoms with van der Waals surface area (Å²) in [6, 6.07) is 4.99. The molecule has 0 heterocycles. The largest absolute Gasteiger partial charge is 0.496 e. The summed E-state index contributed by atoms with van der Waals surface area (Å²) in [6.07, 6.45) is -0.814. The molecule has 8 nitrogen and oxygen atoms in total. The van der Waals surface area contributed by atoms with Crippen molar-refractivity contribution >= 4 is 24.6 Å². The number of nitrogens with one attached hydrogen (secondary N) is 1. The topological polar surface area (TPSA) is 112 Å². The number of amides is 2. The number of nitrogens with zero attached hydrogens (tertiary/aromatic N) is 2. The molecule has 0 aliphatic heterocycles. The van der Waals surface area contributed by atoms with Gasteiger partial charge in [-0.1, -0.05) is 6.58 Å². The highest BCUT2D eigenvalue weighted by Crippen LogP contribution is 2.30. The van der Waals surface area contributed by atoms with E-state index in [1.165, 1.54) is 39.2 Å². The van der Waals surface area contributed by atoms with E-state index in [0.717, 1.165) is 4.90 Å². The first-order valence-corrected chi connectivity index (χ1v) is 9.01. The monoisotopic (exact) mass is 425 g/mol. The lowest BCUT2D eigenvalue weighted by Crippen LogP contribution is -2.54. The molecule has 0 radical (unpaired) electrons. The molecule has 0 spiro atoms. The van der Waals surface area contributed by atoms with Gasteiger partial charge in [-0.05, 0) is 32.0 Å². The number of urea groups is 1. The van der Waals surface area contributed by atoms with Gasteiger partial charge < -0.3 is 19.9 Å². The van der Waals surface area contributed by atoms with Gasteiger partial charge in [-0.15, -0.1) is 12.6 Å². The molecule has 0 aromatic heterocycles. The minimum absolute atomic E-state index is 0.0212. The molecule has 0 aliphatic carbocycles. The van der Waals surface area contributed by atoms with Crippen LogP contribution in [0.25, 0.3) is 0 Å². The third kappa shape index (κ3) is 6.96. The van der Waals surface area contributed by atoms with Gasteiger partial charge in [0.25, 0.3) is 0 Å². The molecule has 2 N–H and O–H groups in total. The Morgan fingerprint density at radius 1 is 1.48 bits per heavy atom. The van der Waals surface area contributed by atoms with Crippen LogP contribution in [0.15, 0.2) is 29.8 Å². The lowest BCUT2D eigenvalue weighted by atomic mass is 10.1. The maximum absolute atomic E-state index is 13.8. The molecule has 29 heavy (non-hydrogen) atoms. The predicted molar refractivity (Wildman–Crippen MR) is 107 cm³/mol. The third-order valence-corrected chi connectivity index (χ3v) is 4.17. The fraction of sp³-hybridized carbons (Fsp3) is 0.421. The summed E-state index contributed by atoms with van der Waals surface area (Å²) in [5.41, 5.74) is -1.23. The van der Waals surface area contributed by atoms with Crippen LogP contribution in [0.5, 0.6) is 5.75 Å². The van der Waals surface area contributed by atoms with Gasteiger partial charge in [0.05, 0.1) is 37.8 Å². The summed E-state index contributed by atoms with van der Waals surface area (Å²) >= 11 is 4.11. The molecular weight excluding hydrogens is 401 g/mol. The van der Waals surface area contributed by atoms with Gasteiger partial charge in [0.15, 0.2) is 0 Å². The number of carboxylic acids is 1. The lowest BCUT2D eigenvalue weighted by molar-refractivity contribution is -0.143. The maximum Gasteiger partial charge on any atom is 0.328 e. The van der Waals surface area contributed by atoms with E-state index in [-0.39, 0.29) is 24.6 Å². The standard InChI is InChI=1S/C19H24FN3O5S/c1-12(29)23(18(26)22-19(2,3)17(24)25)11-16(28-9-5-8-21)14-10-13(20)6-7-15(14)27-4/h6-7,10,16,29H,1,5,9,11H2,2-4H3,(H,22,26)(H,24,25)/t16-/m0/s1. The zero-order valence-corrected chi connectivity index (χ0v) is 17.3. The van der Waals surface area contributed by atoms with Crippen LogP contribution >= 0.6 is 12.6 Å². The summed E-state index contributed by atoms with van der Waals surface area (Å²) < 4.78 is 24.8. The highest BCUT2D eigenvalue weighted by molar-refractivity contribution is 7.84. The molecule has 10 heteroatoms. The van der Waals surface area contributed by atoms with Gasteiger partial charge in [0.2, 0.25) is 0 Å². The Morgan fingerprint density at radius 2 is 2.14 bits per heavy atom. The van der Waals surface area contributed by atoms with Crippen LogP contribution in [0.4, 0.5) is 9.18 Å². The average Bonchev–Trinajstić information content (AvgIpc) is 2.63. The van der Waals surface area contributed by atoms with E-state index < -0.39 is 29.5 Å². The van der Waals surface area contributed by atoms with Gasteiger partial charge >= 0.3 is 12.0 Å². The van der Waals surface area contributed by atoms with Crippen molar-refractivity contribution in [2.24, 2.45) is 0 Å². The van der Waals surface area contributed by atoms with Crippen LogP contribution in [-0.2, 0) is 9.53 Å². The van der Waals surface area contributed by atoms with E-state index in [1.807, 2.05) is 6.07 Å². The van der Waals surface area contributed by atoms with Crippen LogP contribution < -0.4 is 10.1 Å². The van der Waals surface area contributed by atoms with Crippen molar-refractivity contribution in [3.05, 3.63) is 41.2 Å². The third-order valence-electron chi connectivity index (χ3n) is 3.93. The second-order valence-electron chi connectivity index (χ2n) is 6.54. The van der Waals surface area contributed by atoms with Crippen molar-refractivity contribution in [1.82, 2.24) is 10.2 Å². The van der Waals surface area contributed by atoms with Gasteiger partial charge in [0.1, 0.15) is 23.2 Å². The number of ether oxygens (including phenoxy) is 2. The first-order valence-electron chi connectivity index (χ1n) is 8.56. The molecule has 1 rings (SSSR count).